The number of ether oxygens (including phenoxy) is 1. The molecule has 2 fully saturated rings. The minimum atomic E-state index is -3.14. The molecule has 122 valence electrons. The molecule has 22 heavy (non-hydrogen) atoms. The van der Waals surface area contributed by atoms with Crippen molar-refractivity contribution in [1.82, 2.24) is 9.62 Å². The van der Waals surface area contributed by atoms with Crippen molar-refractivity contribution in [2.24, 2.45) is 11.8 Å². The molecule has 0 aliphatic carbocycles. The van der Waals surface area contributed by atoms with Crippen molar-refractivity contribution >= 4 is 10.0 Å². The summed E-state index contributed by atoms with van der Waals surface area (Å²) in [5.41, 5.74) is 1.34. The normalized spacial score (nSPS) is 29.4. The average Bonchev–Trinajstić information content (AvgIpc) is 2.88. The summed E-state index contributed by atoms with van der Waals surface area (Å²) in [6.45, 7) is 4.21. The Bertz CT molecular complexity index is 591. The van der Waals surface area contributed by atoms with Crippen molar-refractivity contribution in [2.75, 3.05) is 32.5 Å². The number of hydrogen-bond donors (Lipinski definition) is 1. The van der Waals surface area contributed by atoms with Crippen molar-refractivity contribution in [3.8, 4) is 0 Å². The van der Waals surface area contributed by atoms with Crippen molar-refractivity contribution in [3.63, 3.8) is 0 Å². The maximum atomic E-state index is 11.2. The van der Waals surface area contributed by atoms with Crippen molar-refractivity contribution < 1.29 is 13.2 Å². The van der Waals surface area contributed by atoms with Crippen molar-refractivity contribution in [2.45, 2.75) is 19.1 Å². The molecule has 6 heteroatoms. The van der Waals surface area contributed by atoms with Gasteiger partial charge >= 0.3 is 0 Å². The van der Waals surface area contributed by atoms with Crippen LogP contribution < -0.4 is 4.72 Å². The quantitative estimate of drug-likeness (QED) is 0.880. The van der Waals surface area contributed by atoms with E-state index in [1.165, 1.54) is 11.8 Å². The first kappa shape index (κ1) is 15.9. The maximum absolute atomic E-state index is 11.2. The molecule has 0 unspecified atom stereocenters. The first-order valence-electron chi connectivity index (χ1n) is 7.84. The summed E-state index contributed by atoms with van der Waals surface area (Å²) in [4.78, 5) is 2.48. The lowest BCUT2D eigenvalue weighted by molar-refractivity contribution is 0.0885. The molecule has 3 rings (SSSR count). The second-order valence-corrected chi connectivity index (χ2v) is 8.26. The number of rotatable bonds is 5. The maximum Gasteiger partial charge on any atom is 0.208 e. The van der Waals surface area contributed by atoms with Crippen LogP contribution in [0.15, 0.2) is 30.3 Å². The molecule has 0 spiro atoms. The van der Waals surface area contributed by atoms with Gasteiger partial charge in [-0.1, -0.05) is 30.3 Å². The van der Waals surface area contributed by atoms with Crippen LogP contribution in [0.5, 0.6) is 0 Å². The Kier molecular flexibility index (Phi) is 4.82. The SMILES string of the molecule is CS(=O)(=O)NC[C@H]1OC[C@H]2CN(Cc3ccccc3)CC[C@H]21. The molecule has 0 saturated carbocycles. The first-order chi connectivity index (χ1) is 10.5. The molecule has 2 heterocycles. The minimum Gasteiger partial charge on any atom is -0.376 e. The standard InChI is InChI=1S/C16H24N2O3S/c1-22(19,20)17-9-16-15-7-8-18(11-14(15)12-21-16)10-13-5-3-2-4-6-13/h2-6,14-17H,7-12H2,1H3/t14-,15-,16-/m1/s1. The van der Waals surface area contributed by atoms with Gasteiger partial charge in [-0.25, -0.2) is 13.1 Å². The second kappa shape index (κ2) is 6.66. The molecular weight excluding hydrogens is 300 g/mol. The highest BCUT2D eigenvalue weighted by Crippen LogP contribution is 2.34. The van der Waals surface area contributed by atoms with Crippen LogP contribution in [-0.2, 0) is 21.3 Å². The van der Waals surface area contributed by atoms with Gasteiger partial charge in [-0.05, 0) is 24.4 Å². The lowest BCUT2D eigenvalue weighted by atomic mass is 9.84. The Labute approximate surface area is 132 Å². The highest BCUT2D eigenvalue weighted by Gasteiger charge is 2.40. The Morgan fingerprint density at radius 2 is 2.09 bits per heavy atom. The van der Waals surface area contributed by atoms with Gasteiger partial charge in [-0.15, -0.1) is 0 Å². The van der Waals surface area contributed by atoms with Gasteiger partial charge in [0.2, 0.25) is 10.0 Å². The highest BCUT2D eigenvalue weighted by atomic mass is 32.2. The molecule has 5 nitrogen and oxygen atoms in total. The number of benzene rings is 1. The lowest BCUT2D eigenvalue weighted by Crippen LogP contribution is -2.43. The Hall–Kier alpha value is -0.950. The van der Waals surface area contributed by atoms with Crippen molar-refractivity contribution in [1.29, 1.82) is 0 Å². The molecule has 1 aromatic rings. The molecule has 0 aromatic heterocycles. The monoisotopic (exact) mass is 324 g/mol. The average molecular weight is 324 g/mol. The van der Waals surface area contributed by atoms with E-state index in [2.05, 4.69) is 33.9 Å². The predicted molar refractivity (Wildman–Crippen MR) is 85.9 cm³/mol. The second-order valence-electron chi connectivity index (χ2n) is 6.43. The number of likely N-dealkylation sites (tertiary alicyclic amines) is 1. The topological polar surface area (TPSA) is 58.6 Å². The first-order valence-corrected chi connectivity index (χ1v) is 9.73. The smallest absolute Gasteiger partial charge is 0.208 e. The van der Waals surface area contributed by atoms with Crippen LogP contribution >= 0.6 is 0 Å². The number of sulfonamides is 1. The zero-order valence-corrected chi connectivity index (χ0v) is 13.8. The van der Waals surface area contributed by atoms with Crippen LogP contribution in [0, 0.1) is 11.8 Å². The Morgan fingerprint density at radius 1 is 1.32 bits per heavy atom. The summed E-state index contributed by atoms with van der Waals surface area (Å²) in [6.07, 6.45) is 2.30. The van der Waals surface area contributed by atoms with E-state index in [0.29, 0.717) is 18.4 Å². The van der Waals surface area contributed by atoms with Gasteiger partial charge in [0.25, 0.3) is 0 Å². The van der Waals surface area contributed by atoms with Gasteiger partial charge in [-0.3, -0.25) is 4.90 Å². The van der Waals surface area contributed by atoms with Gasteiger partial charge in [0.1, 0.15) is 0 Å². The van der Waals surface area contributed by atoms with E-state index < -0.39 is 10.0 Å². The molecule has 3 atom stereocenters. The number of fused-ring (bicyclic) bond motifs is 1. The molecule has 2 aliphatic rings. The van der Waals surface area contributed by atoms with Gasteiger partial charge in [-0.2, -0.15) is 0 Å². The third-order valence-electron chi connectivity index (χ3n) is 4.67. The predicted octanol–water partition coefficient (Wildman–Crippen LogP) is 1.07. The molecule has 0 amide bonds. The molecule has 2 aliphatic heterocycles. The molecule has 1 aromatic carbocycles. The van der Waals surface area contributed by atoms with E-state index in [0.717, 1.165) is 32.7 Å². The summed E-state index contributed by atoms with van der Waals surface area (Å²) >= 11 is 0. The van der Waals surface area contributed by atoms with Gasteiger partial charge in [0.05, 0.1) is 19.0 Å². The number of piperidine rings is 1. The summed E-state index contributed by atoms with van der Waals surface area (Å²) in [5, 5.41) is 0. The molecule has 0 bridgehead atoms. The summed E-state index contributed by atoms with van der Waals surface area (Å²) in [7, 11) is -3.14. The van der Waals surface area contributed by atoms with Gasteiger partial charge in [0, 0.05) is 25.6 Å². The van der Waals surface area contributed by atoms with Crippen LogP contribution in [0.4, 0.5) is 0 Å². The van der Waals surface area contributed by atoms with E-state index in [1.807, 2.05) is 6.07 Å². The van der Waals surface area contributed by atoms with E-state index in [4.69, 9.17) is 4.74 Å². The largest absolute Gasteiger partial charge is 0.376 e. The van der Waals surface area contributed by atoms with Crippen LogP contribution in [0.1, 0.15) is 12.0 Å². The zero-order valence-electron chi connectivity index (χ0n) is 12.9. The summed E-state index contributed by atoms with van der Waals surface area (Å²) < 4.78 is 30.9. The van der Waals surface area contributed by atoms with Crippen LogP contribution in [-0.4, -0.2) is 51.9 Å². The van der Waals surface area contributed by atoms with E-state index in [1.54, 1.807) is 0 Å². The van der Waals surface area contributed by atoms with Crippen molar-refractivity contribution in [3.05, 3.63) is 35.9 Å². The summed E-state index contributed by atoms with van der Waals surface area (Å²) in [5.74, 6) is 0.991. The Balaban J connectivity index is 1.53. The highest BCUT2D eigenvalue weighted by molar-refractivity contribution is 7.88. The lowest BCUT2D eigenvalue weighted by Gasteiger charge is -2.35. The van der Waals surface area contributed by atoms with E-state index >= 15 is 0 Å². The number of hydrogen-bond acceptors (Lipinski definition) is 4. The van der Waals surface area contributed by atoms with Crippen LogP contribution in [0.25, 0.3) is 0 Å². The van der Waals surface area contributed by atoms with E-state index in [9.17, 15) is 8.42 Å². The minimum absolute atomic E-state index is 0.0265. The van der Waals surface area contributed by atoms with Crippen LogP contribution in [0.3, 0.4) is 0 Å². The number of nitrogens with one attached hydrogen (secondary N) is 1. The molecule has 2 saturated heterocycles. The molecular formula is C16H24N2O3S. The fourth-order valence-corrected chi connectivity index (χ4v) is 4.06. The third-order valence-corrected chi connectivity index (χ3v) is 5.37. The number of nitrogens with zero attached hydrogens (tertiary/aromatic N) is 1. The molecule has 0 radical (unpaired) electrons. The van der Waals surface area contributed by atoms with Gasteiger partial charge < -0.3 is 4.74 Å². The summed E-state index contributed by atoms with van der Waals surface area (Å²) in [6, 6.07) is 10.5. The fourth-order valence-electron chi connectivity index (χ4n) is 3.59. The Morgan fingerprint density at radius 3 is 2.82 bits per heavy atom. The van der Waals surface area contributed by atoms with Crippen LogP contribution in [0.2, 0.25) is 0 Å². The fraction of sp³-hybridized carbons (Fsp3) is 0.625. The zero-order chi connectivity index (χ0) is 15.6. The van der Waals surface area contributed by atoms with E-state index in [-0.39, 0.29) is 6.10 Å². The van der Waals surface area contributed by atoms with Gasteiger partial charge in [0.15, 0.2) is 0 Å². The third kappa shape index (κ3) is 4.07. The molecule has 1 N–H and O–H groups in total.